The lowest BCUT2D eigenvalue weighted by molar-refractivity contribution is 0.521. The summed E-state index contributed by atoms with van der Waals surface area (Å²) in [6, 6.07) is 6.82. The van der Waals surface area contributed by atoms with E-state index in [-0.39, 0.29) is 4.90 Å². The van der Waals surface area contributed by atoms with E-state index in [1.165, 1.54) is 18.4 Å². The zero-order valence-corrected chi connectivity index (χ0v) is 13.1. The molecule has 0 aliphatic heterocycles. The second-order valence-corrected chi connectivity index (χ2v) is 6.79. The molecule has 0 aliphatic rings. The second-order valence-electron chi connectivity index (χ2n) is 4.67. The van der Waals surface area contributed by atoms with E-state index in [9.17, 15) is 8.42 Å². The minimum Gasteiger partial charge on any atom is -0.377 e. The van der Waals surface area contributed by atoms with Gasteiger partial charge in [-0.15, -0.1) is 10.2 Å². The van der Waals surface area contributed by atoms with Crippen LogP contribution in [0.1, 0.15) is 12.7 Å². The molecule has 2 rings (SSSR count). The van der Waals surface area contributed by atoms with Gasteiger partial charge in [0.1, 0.15) is 11.2 Å². The molecule has 2 aromatic rings. The van der Waals surface area contributed by atoms with Crippen LogP contribution < -0.4 is 5.32 Å². The maximum atomic E-state index is 12.3. The fourth-order valence-corrected chi connectivity index (χ4v) is 2.95. The number of sulfonamides is 1. The van der Waals surface area contributed by atoms with E-state index in [0.29, 0.717) is 12.2 Å². The highest BCUT2D eigenvalue weighted by molar-refractivity contribution is 7.89. The number of hydrogen-bond donors (Lipinski definition) is 1. The van der Waals surface area contributed by atoms with Gasteiger partial charge < -0.3 is 9.88 Å². The minimum absolute atomic E-state index is 0.248. The Morgan fingerprint density at radius 3 is 2.67 bits per heavy atom. The molecule has 0 saturated heterocycles. The Bertz CT molecular complexity index is 709. The van der Waals surface area contributed by atoms with Crippen LogP contribution in [0, 0.1) is 0 Å². The predicted molar refractivity (Wildman–Crippen MR) is 80.3 cm³/mol. The zero-order valence-electron chi connectivity index (χ0n) is 12.3. The van der Waals surface area contributed by atoms with Crippen LogP contribution in [-0.2, 0) is 23.1 Å². The van der Waals surface area contributed by atoms with E-state index in [2.05, 4.69) is 15.5 Å². The molecule has 0 fully saturated rings. The summed E-state index contributed by atoms with van der Waals surface area (Å²) in [5, 5.41) is 11.0. The van der Waals surface area contributed by atoms with Crippen molar-refractivity contribution in [1.82, 2.24) is 19.1 Å². The summed E-state index contributed by atoms with van der Waals surface area (Å²) >= 11 is 0. The Morgan fingerprint density at radius 2 is 2.00 bits per heavy atom. The average Bonchev–Trinajstić information content (AvgIpc) is 2.92. The molecule has 7 nitrogen and oxygen atoms in total. The topological polar surface area (TPSA) is 80.1 Å². The van der Waals surface area contributed by atoms with Gasteiger partial charge in [-0.1, -0.05) is 12.1 Å². The third-order valence-electron chi connectivity index (χ3n) is 3.12. The van der Waals surface area contributed by atoms with Crippen molar-refractivity contribution < 1.29 is 8.42 Å². The molecule has 8 heteroatoms. The van der Waals surface area contributed by atoms with Gasteiger partial charge in [-0.25, -0.2) is 12.7 Å². The summed E-state index contributed by atoms with van der Waals surface area (Å²) in [5.74, 6) is 0.759. The average molecular weight is 309 g/mol. The molecule has 1 heterocycles. The SMILES string of the molecule is CCn1cnnc1CNc1ccccc1S(=O)(=O)N(C)C. The maximum Gasteiger partial charge on any atom is 0.244 e. The summed E-state index contributed by atoms with van der Waals surface area (Å²) in [5.41, 5.74) is 0.553. The van der Waals surface area contributed by atoms with E-state index in [1.807, 2.05) is 11.5 Å². The number of benzene rings is 1. The number of rotatable bonds is 6. The van der Waals surface area contributed by atoms with E-state index in [4.69, 9.17) is 0 Å². The van der Waals surface area contributed by atoms with Gasteiger partial charge in [0.05, 0.1) is 12.2 Å². The number of nitrogens with zero attached hydrogens (tertiary/aromatic N) is 4. The lowest BCUT2D eigenvalue weighted by Gasteiger charge is -2.16. The molecule has 1 aromatic heterocycles. The molecular weight excluding hydrogens is 290 g/mol. The first-order valence-electron chi connectivity index (χ1n) is 6.59. The van der Waals surface area contributed by atoms with Gasteiger partial charge in [0.25, 0.3) is 0 Å². The molecule has 1 aromatic carbocycles. The standard InChI is InChI=1S/C13H19N5O2S/c1-4-18-10-15-16-13(18)9-14-11-7-5-6-8-12(11)21(19,20)17(2)3/h5-8,10,14H,4,9H2,1-3H3. The van der Waals surface area contributed by atoms with E-state index in [1.54, 1.807) is 30.6 Å². The molecule has 0 radical (unpaired) electrons. The quantitative estimate of drug-likeness (QED) is 0.866. The second kappa shape index (κ2) is 6.23. The lowest BCUT2D eigenvalue weighted by atomic mass is 10.3. The fraction of sp³-hybridized carbons (Fsp3) is 0.385. The van der Waals surface area contributed by atoms with Crippen molar-refractivity contribution >= 4 is 15.7 Å². The van der Waals surface area contributed by atoms with Crippen molar-refractivity contribution in [3.63, 3.8) is 0 Å². The molecule has 21 heavy (non-hydrogen) atoms. The van der Waals surface area contributed by atoms with Crippen molar-refractivity contribution in [3.05, 3.63) is 36.4 Å². The first-order valence-corrected chi connectivity index (χ1v) is 8.03. The number of nitrogens with one attached hydrogen (secondary N) is 1. The number of aromatic nitrogens is 3. The van der Waals surface area contributed by atoms with Gasteiger partial charge in [-0.3, -0.25) is 0 Å². The molecule has 0 amide bonds. The molecular formula is C13H19N5O2S. The number of anilines is 1. The van der Waals surface area contributed by atoms with Crippen LogP contribution in [0.2, 0.25) is 0 Å². The van der Waals surface area contributed by atoms with Crippen molar-refractivity contribution in [1.29, 1.82) is 0 Å². The van der Waals surface area contributed by atoms with Crippen LogP contribution in [0.3, 0.4) is 0 Å². The molecule has 0 bridgehead atoms. The van der Waals surface area contributed by atoms with Crippen LogP contribution in [0.25, 0.3) is 0 Å². The minimum atomic E-state index is -3.49. The van der Waals surface area contributed by atoms with Gasteiger partial charge in [0.15, 0.2) is 5.82 Å². The summed E-state index contributed by atoms with van der Waals surface area (Å²) in [7, 11) is -0.459. The molecule has 0 unspecified atom stereocenters. The summed E-state index contributed by atoms with van der Waals surface area (Å²) < 4.78 is 27.7. The smallest absolute Gasteiger partial charge is 0.244 e. The van der Waals surface area contributed by atoms with E-state index < -0.39 is 10.0 Å². The molecule has 0 saturated carbocycles. The normalized spacial score (nSPS) is 11.8. The monoisotopic (exact) mass is 309 g/mol. The highest BCUT2D eigenvalue weighted by Gasteiger charge is 2.20. The third-order valence-corrected chi connectivity index (χ3v) is 4.99. The lowest BCUT2D eigenvalue weighted by Crippen LogP contribution is -2.23. The summed E-state index contributed by atoms with van der Waals surface area (Å²) in [6.45, 7) is 3.17. The molecule has 0 aliphatic carbocycles. The van der Waals surface area contributed by atoms with Gasteiger partial charge in [-0.2, -0.15) is 0 Å². The molecule has 114 valence electrons. The van der Waals surface area contributed by atoms with Crippen molar-refractivity contribution in [2.75, 3.05) is 19.4 Å². The van der Waals surface area contributed by atoms with Gasteiger partial charge in [0, 0.05) is 20.6 Å². The summed E-state index contributed by atoms with van der Waals surface area (Å²) in [4.78, 5) is 0.248. The number of aryl methyl sites for hydroxylation is 1. The van der Waals surface area contributed by atoms with Crippen LogP contribution in [-0.4, -0.2) is 41.6 Å². The van der Waals surface area contributed by atoms with Crippen LogP contribution in [0.15, 0.2) is 35.5 Å². The van der Waals surface area contributed by atoms with Crippen LogP contribution in [0.5, 0.6) is 0 Å². The summed E-state index contributed by atoms with van der Waals surface area (Å²) in [6.07, 6.45) is 1.65. The van der Waals surface area contributed by atoms with Crippen LogP contribution in [0.4, 0.5) is 5.69 Å². The fourth-order valence-electron chi connectivity index (χ4n) is 1.89. The third kappa shape index (κ3) is 3.22. The van der Waals surface area contributed by atoms with Crippen molar-refractivity contribution in [2.45, 2.75) is 24.9 Å². The Kier molecular flexibility index (Phi) is 4.59. The van der Waals surface area contributed by atoms with E-state index >= 15 is 0 Å². The molecule has 1 N–H and O–H groups in total. The molecule has 0 atom stereocenters. The van der Waals surface area contributed by atoms with Gasteiger partial charge >= 0.3 is 0 Å². The van der Waals surface area contributed by atoms with Gasteiger partial charge in [0.2, 0.25) is 10.0 Å². The zero-order chi connectivity index (χ0) is 15.5. The first-order chi connectivity index (χ1) is 9.96. The highest BCUT2D eigenvalue weighted by Crippen LogP contribution is 2.23. The number of para-hydroxylation sites is 1. The Labute approximate surface area is 124 Å². The van der Waals surface area contributed by atoms with Crippen molar-refractivity contribution in [2.24, 2.45) is 0 Å². The highest BCUT2D eigenvalue weighted by atomic mass is 32.2. The Hall–Kier alpha value is -1.93. The maximum absolute atomic E-state index is 12.3. The van der Waals surface area contributed by atoms with Gasteiger partial charge in [-0.05, 0) is 19.1 Å². The first kappa shape index (κ1) is 15.5. The predicted octanol–water partition coefficient (Wildman–Crippen LogP) is 1.16. The Balaban J connectivity index is 2.26. The van der Waals surface area contributed by atoms with Crippen molar-refractivity contribution in [3.8, 4) is 0 Å². The largest absolute Gasteiger partial charge is 0.377 e. The number of hydrogen-bond acceptors (Lipinski definition) is 5. The Morgan fingerprint density at radius 1 is 1.29 bits per heavy atom. The van der Waals surface area contributed by atoms with Crippen LogP contribution >= 0.6 is 0 Å². The molecule has 0 spiro atoms. The van der Waals surface area contributed by atoms with E-state index in [0.717, 1.165) is 12.4 Å².